The fourth-order valence-electron chi connectivity index (χ4n) is 2.74. The minimum absolute atomic E-state index is 0. The number of hydrogen-bond donors (Lipinski definition) is 1. The third-order valence-electron chi connectivity index (χ3n) is 4.16. The van der Waals surface area contributed by atoms with Crippen molar-refractivity contribution in [1.29, 1.82) is 0 Å². The topological polar surface area (TPSA) is 100 Å². The summed E-state index contributed by atoms with van der Waals surface area (Å²) in [6.45, 7) is 3.02. The van der Waals surface area contributed by atoms with E-state index in [2.05, 4.69) is 10.1 Å². The normalized spacial score (nSPS) is 11.3. The third-order valence-corrected chi connectivity index (χ3v) is 4.47. The molecule has 0 saturated heterocycles. The molecular formula is C21H20Cl2F3N3O4. The van der Waals surface area contributed by atoms with Crippen LogP contribution >= 0.6 is 24.0 Å². The number of alkyl halides is 3. The van der Waals surface area contributed by atoms with Crippen LogP contribution in [0.1, 0.15) is 25.0 Å². The number of aromatic nitrogens is 2. The van der Waals surface area contributed by atoms with Gasteiger partial charge in [-0.15, -0.1) is 12.4 Å². The molecule has 178 valence electrons. The molecule has 0 bridgehead atoms. The number of benzene rings is 2. The molecule has 0 amide bonds. The molecule has 7 nitrogen and oxygen atoms in total. The summed E-state index contributed by atoms with van der Waals surface area (Å²) in [6, 6.07) is 8.29. The summed E-state index contributed by atoms with van der Waals surface area (Å²) in [5.41, 5.74) is 5.32. The Morgan fingerprint density at radius 3 is 2.55 bits per heavy atom. The maximum atomic E-state index is 13.5. The van der Waals surface area contributed by atoms with Crippen molar-refractivity contribution in [2.24, 2.45) is 5.73 Å². The highest BCUT2D eigenvalue weighted by Gasteiger charge is 2.35. The third kappa shape index (κ3) is 6.59. The standard InChI is InChI=1S/C21H19ClF3N3O4.ClH/c1-11(2)31-17-6-4-13(8-15(17)21(23,24)25)20-27-19(28-32-20)14-5-3-12(7-16(14)22)10-30-18(29)9-26;/h3-8,11H,9-10,26H2,1-2H3;1H. The van der Waals surface area contributed by atoms with Crippen LogP contribution in [0.4, 0.5) is 13.2 Å². The lowest BCUT2D eigenvalue weighted by Gasteiger charge is -2.16. The van der Waals surface area contributed by atoms with Gasteiger partial charge < -0.3 is 19.7 Å². The van der Waals surface area contributed by atoms with E-state index >= 15 is 0 Å². The molecule has 0 atom stereocenters. The molecule has 2 N–H and O–H groups in total. The first-order valence-corrected chi connectivity index (χ1v) is 9.82. The van der Waals surface area contributed by atoms with Crippen molar-refractivity contribution in [3.63, 3.8) is 0 Å². The van der Waals surface area contributed by atoms with Crippen molar-refractivity contribution < 1.29 is 32.0 Å². The molecule has 33 heavy (non-hydrogen) atoms. The Labute approximate surface area is 198 Å². The second-order valence-corrected chi connectivity index (χ2v) is 7.38. The van der Waals surface area contributed by atoms with Gasteiger partial charge in [-0.2, -0.15) is 18.2 Å². The Balaban J connectivity index is 0.00000385. The highest BCUT2D eigenvalue weighted by molar-refractivity contribution is 6.33. The van der Waals surface area contributed by atoms with Crippen LogP contribution in [0.5, 0.6) is 5.75 Å². The highest BCUT2D eigenvalue weighted by Crippen LogP contribution is 2.39. The minimum atomic E-state index is -4.63. The molecule has 2 aromatic carbocycles. The van der Waals surface area contributed by atoms with E-state index in [9.17, 15) is 18.0 Å². The molecule has 0 aliphatic carbocycles. The van der Waals surface area contributed by atoms with E-state index in [4.69, 9.17) is 31.3 Å². The quantitative estimate of drug-likeness (QED) is 0.435. The molecule has 0 aliphatic rings. The van der Waals surface area contributed by atoms with Gasteiger partial charge >= 0.3 is 12.1 Å². The van der Waals surface area contributed by atoms with E-state index in [1.165, 1.54) is 12.1 Å². The number of rotatable bonds is 7. The minimum Gasteiger partial charge on any atom is -0.490 e. The SMILES string of the molecule is CC(C)Oc1ccc(-c2nc(-c3ccc(COC(=O)CN)cc3Cl)no2)cc1C(F)(F)F.Cl. The Bertz CT molecular complexity index is 1120. The van der Waals surface area contributed by atoms with E-state index in [1.807, 2.05) is 0 Å². The van der Waals surface area contributed by atoms with Crippen molar-refractivity contribution in [2.75, 3.05) is 6.54 Å². The summed E-state index contributed by atoms with van der Waals surface area (Å²) in [5, 5.41) is 4.06. The molecule has 0 spiro atoms. The zero-order valence-electron chi connectivity index (χ0n) is 17.5. The maximum absolute atomic E-state index is 13.5. The van der Waals surface area contributed by atoms with E-state index in [0.29, 0.717) is 11.1 Å². The van der Waals surface area contributed by atoms with Crippen LogP contribution in [0.15, 0.2) is 40.9 Å². The fourth-order valence-corrected chi connectivity index (χ4v) is 3.03. The average molecular weight is 506 g/mol. The van der Waals surface area contributed by atoms with Crippen LogP contribution < -0.4 is 10.5 Å². The number of esters is 1. The first-order valence-electron chi connectivity index (χ1n) is 9.45. The van der Waals surface area contributed by atoms with Crippen LogP contribution in [0.2, 0.25) is 5.02 Å². The van der Waals surface area contributed by atoms with Gasteiger partial charge in [-0.3, -0.25) is 4.79 Å². The van der Waals surface area contributed by atoms with Gasteiger partial charge in [0.1, 0.15) is 12.4 Å². The molecule has 12 heteroatoms. The summed E-state index contributed by atoms with van der Waals surface area (Å²) in [7, 11) is 0. The van der Waals surface area contributed by atoms with Gasteiger partial charge in [0.15, 0.2) is 0 Å². The Morgan fingerprint density at radius 2 is 1.94 bits per heavy atom. The Morgan fingerprint density at radius 1 is 1.21 bits per heavy atom. The van der Waals surface area contributed by atoms with E-state index < -0.39 is 23.8 Å². The molecule has 0 saturated carbocycles. The van der Waals surface area contributed by atoms with E-state index in [1.54, 1.807) is 32.0 Å². The van der Waals surface area contributed by atoms with Crippen molar-refractivity contribution >= 4 is 30.0 Å². The summed E-state index contributed by atoms with van der Waals surface area (Å²) in [6.07, 6.45) is -5.06. The smallest absolute Gasteiger partial charge is 0.419 e. The average Bonchev–Trinajstić information content (AvgIpc) is 3.21. The van der Waals surface area contributed by atoms with Crippen molar-refractivity contribution in [3.05, 3.63) is 52.5 Å². The summed E-state index contributed by atoms with van der Waals surface area (Å²) in [4.78, 5) is 15.3. The maximum Gasteiger partial charge on any atom is 0.419 e. The lowest BCUT2D eigenvalue weighted by molar-refractivity contribution is -0.143. The first-order chi connectivity index (χ1) is 15.1. The molecule has 3 aromatic rings. The second kappa shape index (κ2) is 10.9. The Kier molecular flexibility index (Phi) is 8.70. The number of carbonyl (C=O) groups is 1. The second-order valence-electron chi connectivity index (χ2n) is 6.98. The predicted molar refractivity (Wildman–Crippen MR) is 117 cm³/mol. The van der Waals surface area contributed by atoms with Gasteiger partial charge in [0.2, 0.25) is 5.82 Å². The molecule has 3 rings (SSSR count). The molecule has 0 unspecified atom stereocenters. The molecule has 0 fully saturated rings. The molecule has 0 radical (unpaired) electrons. The number of ether oxygens (including phenoxy) is 2. The number of halogens is 5. The summed E-state index contributed by atoms with van der Waals surface area (Å²) < 4.78 is 55.8. The van der Waals surface area contributed by atoms with Crippen LogP contribution in [0.25, 0.3) is 22.8 Å². The fraction of sp³-hybridized carbons (Fsp3) is 0.286. The van der Waals surface area contributed by atoms with Gasteiger partial charge in [0.05, 0.1) is 23.2 Å². The lowest BCUT2D eigenvalue weighted by atomic mass is 10.1. The van der Waals surface area contributed by atoms with Crippen LogP contribution in [-0.4, -0.2) is 28.8 Å². The van der Waals surface area contributed by atoms with E-state index in [0.717, 1.165) is 6.07 Å². The van der Waals surface area contributed by atoms with Crippen molar-refractivity contribution in [2.45, 2.75) is 32.7 Å². The van der Waals surface area contributed by atoms with Gasteiger partial charge in [-0.05, 0) is 49.7 Å². The molecule has 1 aromatic heterocycles. The van der Waals surface area contributed by atoms with Crippen LogP contribution in [0.3, 0.4) is 0 Å². The van der Waals surface area contributed by atoms with Gasteiger partial charge in [-0.1, -0.05) is 22.8 Å². The zero-order valence-corrected chi connectivity index (χ0v) is 19.1. The summed E-state index contributed by atoms with van der Waals surface area (Å²) >= 11 is 6.27. The molecular weight excluding hydrogens is 486 g/mol. The molecule has 1 heterocycles. The van der Waals surface area contributed by atoms with Gasteiger partial charge in [-0.25, -0.2) is 0 Å². The van der Waals surface area contributed by atoms with Gasteiger partial charge in [0.25, 0.3) is 5.89 Å². The van der Waals surface area contributed by atoms with Crippen LogP contribution in [0, 0.1) is 0 Å². The molecule has 0 aliphatic heterocycles. The van der Waals surface area contributed by atoms with Crippen molar-refractivity contribution in [3.8, 4) is 28.6 Å². The highest BCUT2D eigenvalue weighted by atomic mass is 35.5. The number of carbonyl (C=O) groups excluding carboxylic acids is 1. The van der Waals surface area contributed by atoms with Crippen molar-refractivity contribution in [1.82, 2.24) is 10.1 Å². The number of nitrogens with two attached hydrogens (primary N) is 1. The zero-order chi connectivity index (χ0) is 23.5. The number of nitrogens with zero attached hydrogens (tertiary/aromatic N) is 2. The number of hydrogen-bond acceptors (Lipinski definition) is 7. The summed E-state index contributed by atoms with van der Waals surface area (Å²) in [5.74, 6) is -0.869. The first kappa shape index (κ1) is 26.4. The Hall–Kier alpha value is -2.82. The van der Waals surface area contributed by atoms with E-state index in [-0.39, 0.29) is 53.6 Å². The monoisotopic (exact) mass is 505 g/mol. The largest absolute Gasteiger partial charge is 0.490 e. The van der Waals surface area contributed by atoms with Crippen LogP contribution in [-0.2, 0) is 22.3 Å². The van der Waals surface area contributed by atoms with Gasteiger partial charge in [0, 0.05) is 11.1 Å². The lowest BCUT2D eigenvalue weighted by Crippen LogP contribution is -2.16. The predicted octanol–water partition coefficient (Wildman–Crippen LogP) is 5.29.